The summed E-state index contributed by atoms with van der Waals surface area (Å²) in [4.78, 5) is 0. The van der Waals surface area contributed by atoms with E-state index in [0.29, 0.717) is 12.1 Å². The molecule has 0 radical (unpaired) electrons. The first-order valence-corrected chi connectivity index (χ1v) is 7.22. The molecule has 1 aromatic heterocycles. The van der Waals surface area contributed by atoms with Gasteiger partial charge in [0.1, 0.15) is 11.8 Å². The Bertz CT molecular complexity index is 798. The van der Waals surface area contributed by atoms with Crippen molar-refractivity contribution in [1.29, 1.82) is 0 Å². The number of nitrogens with zero attached hydrogens (tertiary/aromatic N) is 3. The maximum Gasteiger partial charge on any atom is 0.416 e. The van der Waals surface area contributed by atoms with Gasteiger partial charge in [-0.15, -0.1) is 5.10 Å². The molecule has 7 heteroatoms. The molecule has 2 aromatic carbocycles. The molecule has 0 amide bonds. The van der Waals surface area contributed by atoms with Gasteiger partial charge in [-0.3, -0.25) is 0 Å². The summed E-state index contributed by atoms with van der Waals surface area (Å²) >= 11 is 0. The quantitative estimate of drug-likeness (QED) is 0.796. The average molecular weight is 333 g/mol. The number of rotatable bonds is 4. The van der Waals surface area contributed by atoms with Crippen LogP contribution >= 0.6 is 0 Å². The van der Waals surface area contributed by atoms with Crippen LogP contribution in [0, 0.1) is 0 Å². The first-order valence-electron chi connectivity index (χ1n) is 7.22. The van der Waals surface area contributed by atoms with Gasteiger partial charge in [0.05, 0.1) is 18.3 Å². The Morgan fingerprint density at radius 3 is 2.29 bits per heavy atom. The summed E-state index contributed by atoms with van der Waals surface area (Å²) in [5.74, 6) is 0. The Morgan fingerprint density at radius 2 is 1.67 bits per heavy atom. The molecular formula is C17H14F3N3O. The summed E-state index contributed by atoms with van der Waals surface area (Å²) in [5.41, 5.74) is 0.879. The van der Waals surface area contributed by atoms with Crippen LogP contribution in [0.15, 0.2) is 60.8 Å². The highest BCUT2D eigenvalue weighted by molar-refractivity contribution is 5.29. The normalized spacial score (nSPS) is 13.0. The monoisotopic (exact) mass is 333 g/mol. The largest absolute Gasteiger partial charge is 0.416 e. The highest BCUT2D eigenvalue weighted by Crippen LogP contribution is 2.30. The minimum atomic E-state index is -4.40. The van der Waals surface area contributed by atoms with E-state index in [2.05, 4.69) is 10.3 Å². The van der Waals surface area contributed by atoms with Crippen LogP contribution in [-0.4, -0.2) is 20.1 Å². The van der Waals surface area contributed by atoms with Crippen molar-refractivity contribution in [2.45, 2.75) is 18.8 Å². The van der Waals surface area contributed by atoms with Crippen molar-refractivity contribution in [2.75, 3.05) is 0 Å². The number of halogens is 3. The van der Waals surface area contributed by atoms with E-state index in [9.17, 15) is 18.3 Å². The van der Waals surface area contributed by atoms with Crippen molar-refractivity contribution in [2.24, 2.45) is 0 Å². The summed E-state index contributed by atoms with van der Waals surface area (Å²) in [5, 5.41) is 18.1. The predicted molar refractivity (Wildman–Crippen MR) is 81.1 cm³/mol. The molecule has 0 fully saturated rings. The molecule has 0 aliphatic rings. The zero-order valence-electron chi connectivity index (χ0n) is 12.5. The van der Waals surface area contributed by atoms with Crippen LogP contribution in [0.3, 0.4) is 0 Å². The molecule has 0 saturated carbocycles. The van der Waals surface area contributed by atoms with Gasteiger partial charge in [-0.05, 0) is 23.3 Å². The summed E-state index contributed by atoms with van der Waals surface area (Å²) in [6.07, 6.45) is -3.95. The van der Waals surface area contributed by atoms with Crippen LogP contribution in [0.5, 0.6) is 0 Å². The van der Waals surface area contributed by atoms with Crippen LogP contribution in [0.4, 0.5) is 13.2 Å². The van der Waals surface area contributed by atoms with Gasteiger partial charge < -0.3 is 5.11 Å². The highest BCUT2D eigenvalue weighted by atomic mass is 19.4. The van der Waals surface area contributed by atoms with Gasteiger partial charge >= 0.3 is 6.18 Å². The van der Waals surface area contributed by atoms with E-state index < -0.39 is 17.8 Å². The number of aromatic nitrogens is 3. The molecule has 0 bridgehead atoms. The number of hydrogen-bond acceptors (Lipinski definition) is 3. The van der Waals surface area contributed by atoms with Crippen LogP contribution in [0.1, 0.15) is 28.5 Å². The number of aliphatic hydroxyl groups excluding tert-OH is 1. The maximum absolute atomic E-state index is 12.6. The number of alkyl halides is 3. The van der Waals surface area contributed by atoms with E-state index in [1.807, 2.05) is 30.3 Å². The van der Waals surface area contributed by atoms with Gasteiger partial charge in [-0.25, -0.2) is 4.68 Å². The fourth-order valence-electron chi connectivity index (χ4n) is 2.31. The predicted octanol–water partition coefficient (Wildman–Crippen LogP) is 3.43. The molecule has 0 aliphatic carbocycles. The molecule has 24 heavy (non-hydrogen) atoms. The summed E-state index contributed by atoms with van der Waals surface area (Å²) < 4.78 is 39.3. The zero-order valence-corrected chi connectivity index (χ0v) is 12.5. The summed E-state index contributed by atoms with van der Waals surface area (Å²) in [6, 6.07) is 14.0. The van der Waals surface area contributed by atoms with Gasteiger partial charge in [0, 0.05) is 0 Å². The first kappa shape index (κ1) is 16.2. The summed E-state index contributed by atoms with van der Waals surface area (Å²) in [6.45, 7) is 0.494. The smallest absolute Gasteiger partial charge is 0.382 e. The molecule has 1 unspecified atom stereocenters. The average Bonchev–Trinajstić information content (AvgIpc) is 3.03. The highest BCUT2D eigenvalue weighted by Gasteiger charge is 2.30. The lowest BCUT2D eigenvalue weighted by Gasteiger charge is -2.10. The molecule has 3 aromatic rings. The zero-order chi connectivity index (χ0) is 17.2. The fourth-order valence-corrected chi connectivity index (χ4v) is 2.31. The van der Waals surface area contributed by atoms with Crippen molar-refractivity contribution < 1.29 is 18.3 Å². The molecule has 1 N–H and O–H groups in total. The molecule has 4 nitrogen and oxygen atoms in total. The van der Waals surface area contributed by atoms with Gasteiger partial charge in [0.25, 0.3) is 0 Å². The third kappa shape index (κ3) is 3.62. The standard InChI is InChI=1S/C17H14F3N3O/c18-17(19,20)14-8-6-13(7-9-14)16(24)15-11-23(22-21-15)10-12-4-2-1-3-5-12/h1-9,11,16,24H,10H2. The third-order valence-electron chi connectivity index (χ3n) is 3.58. The maximum atomic E-state index is 12.6. The Balaban J connectivity index is 1.75. The van der Waals surface area contributed by atoms with Gasteiger partial charge in [-0.1, -0.05) is 47.7 Å². The molecule has 1 atom stereocenters. The second-order valence-corrected chi connectivity index (χ2v) is 5.35. The van der Waals surface area contributed by atoms with Crippen LogP contribution < -0.4 is 0 Å². The number of hydrogen-bond donors (Lipinski definition) is 1. The van der Waals surface area contributed by atoms with E-state index in [4.69, 9.17) is 0 Å². The Morgan fingerprint density at radius 1 is 1.00 bits per heavy atom. The van der Waals surface area contributed by atoms with Crippen molar-refractivity contribution in [1.82, 2.24) is 15.0 Å². The minimum absolute atomic E-state index is 0.283. The van der Waals surface area contributed by atoms with Gasteiger partial charge in [-0.2, -0.15) is 13.2 Å². The SMILES string of the molecule is OC(c1ccc(C(F)(F)F)cc1)c1cn(Cc2ccccc2)nn1. The number of aliphatic hydroxyl groups is 1. The fraction of sp³-hybridized carbons (Fsp3) is 0.176. The third-order valence-corrected chi connectivity index (χ3v) is 3.58. The van der Waals surface area contributed by atoms with Crippen molar-refractivity contribution in [3.8, 4) is 0 Å². The van der Waals surface area contributed by atoms with Crippen LogP contribution in [0.25, 0.3) is 0 Å². The van der Waals surface area contributed by atoms with Crippen LogP contribution in [0.2, 0.25) is 0 Å². The van der Waals surface area contributed by atoms with Crippen LogP contribution in [-0.2, 0) is 12.7 Å². The summed E-state index contributed by atoms with van der Waals surface area (Å²) in [7, 11) is 0. The number of benzene rings is 2. The van der Waals surface area contributed by atoms with E-state index in [1.54, 1.807) is 10.9 Å². The molecule has 0 aliphatic heterocycles. The minimum Gasteiger partial charge on any atom is -0.382 e. The lowest BCUT2D eigenvalue weighted by Crippen LogP contribution is -2.06. The van der Waals surface area contributed by atoms with Crippen molar-refractivity contribution >= 4 is 0 Å². The van der Waals surface area contributed by atoms with E-state index in [1.165, 1.54) is 12.1 Å². The van der Waals surface area contributed by atoms with Gasteiger partial charge in [0.2, 0.25) is 0 Å². The van der Waals surface area contributed by atoms with Gasteiger partial charge in [0.15, 0.2) is 0 Å². The lowest BCUT2D eigenvalue weighted by molar-refractivity contribution is -0.137. The lowest BCUT2D eigenvalue weighted by atomic mass is 10.0. The Kier molecular flexibility index (Phi) is 4.35. The van der Waals surface area contributed by atoms with Crippen molar-refractivity contribution in [3.63, 3.8) is 0 Å². The second kappa shape index (κ2) is 6.45. The Labute approximate surface area is 136 Å². The topological polar surface area (TPSA) is 50.9 Å². The van der Waals surface area contributed by atoms with E-state index >= 15 is 0 Å². The molecule has 1 heterocycles. The molecule has 0 saturated heterocycles. The second-order valence-electron chi connectivity index (χ2n) is 5.35. The van der Waals surface area contributed by atoms with Crippen molar-refractivity contribution in [3.05, 3.63) is 83.2 Å². The molecule has 3 rings (SSSR count). The first-order chi connectivity index (χ1) is 11.4. The van der Waals surface area contributed by atoms with E-state index in [-0.39, 0.29) is 5.69 Å². The molecule has 124 valence electrons. The Hall–Kier alpha value is -2.67. The molecule has 0 spiro atoms. The van der Waals surface area contributed by atoms with E-state index in [0.717, 1.165) is 17.7 Å². The molecular weight excluding hydrogens is 319 g/mol.